The van der Waals surface area contributed by atoms with Crippen molar-refractivity contribution in [3.05, 3.63) is 65.9 Å². The van der Waals surface area contributed by atoms with E-state index in [4.69, 9.17) is 0 Å². The van der Waals surface area contributed by atoms with Crippen LogP contribution in [0.3, 0.4) is 0 Å². The Morgan fingerprint density at radius 3 is 2.11 bits per heavy atom. The van der Waals surface area contributed by atoms with E-state index in [9.17, 15) is 21.6 Å². The molecular formula is C18H16F3N3O2S. The smallest absolute Gasteiger partial charge is 0.284 e. The van der Waals surface area contributed by atoms with Crippen LogP contribution in [0, 0.1) is 6.92 Å². The number of benzene rings is 2. The van der Waals surface area contributed by atoms with Gasteiger partial charge < -0.3 is 0 Å². The maximum Gasteiger partial charge on any atom is 0.435 e. The highest BCUT2D eigenvalue weighted by Crippen LogP contribution is 2.33. The number of alkyl halides is 3. The molecule has 0 atom stereocenters. The standard InChI is InChI=1S/C18H16F3N3O2S/c1-12-3-5-13(6-4-12)16-11-17(18(19,20)21)22-24(16)15-9-7-14(8-10-15)23-27(2,25)26/h3-11,23H,1-2H3. The minimum absolute atomic E-state index is 0.283. The quantitative estimate of drug-likeness (QED) is 0.719. The molecule has 9 heteroatoms. The van der Waals surface area contributed by atoms with Crippen LogP contribution in [0.4, 0.5) is 18.9 Å². The second-order valence-corrected chi connectivity index (χ2v) is 7.86. The Labute approximate surface area is 154 Å². The third-order valence-corrected chi connectivity index (χ3v) is 4.37. The number of aromatic nitrogens is 2. The highest BCUT2D eigenvalue weighted by molar-refractivity contribution is 7.92. The second-order valence-electron chi connectivity index (χ2n) is 6.11. The molecule has 27 heavy (non-hydrogen) atoms. The van der Waals surface area contributed by atoms with Crippen LogP contribution in [0.1, 0.15) is 11.3 Å². The van der Waals surface area contributed by atoms with Crippen molar-refractivity contribution in [2.24, 2.45) is 0 Å². The van der Waals surface area contributed by atoms with Crippen molar-refractivity contribution in [2.45, 2.75) is 13.1 Å². The molecule has 0 amide bonds. The molecule has 1 heterocycles. The van der Waals surface area contributed by atoms with Gasteiger partial charge in [-0.15, -0.1) is 0 Å². The molecule has 0 saturated carbocycles. The van der Waals surface area contributed by atoms with E-state index in [1.54, 1.807) is 24.3 Å². The Bertz CT molecular complexity index is 1050. The highest BCUT2D eigenvalue weighted by atomic mass is 32.2. The van der Waals surface area contributed by atoms with E-state index in [2.05, 4.69) is 9.82 Å². The van der Waals surface area contributed by atoms with Gasteiger partial charge in [-0.1, -0.05) is 29.8 Å². The van der Waals surface area contributed by atoms with E-state index < -0.39 is 21.9 Å². The van der Waals surface area contributed by atoms with Gasteiger partial charge in [-0.05, 0) is 37.3 Å². The van der Waals surface area contributed by atoms with Crippen molar-refractivity contribution in [3.8, 4) is 16.9 Å². The van der Waals surface area contributed by atoms with Gasteiger partial charge in [0.05, 0.1) is 17.6 Å². The van der Waals surface area contributed by atoms with Crippen LogP contribution < -0.4 is 4.72 Å². The number of sulfonamides is 1. The van der Waals surface area contributed by atoms with Crippen LogP contribution in [0.25, 0.3) is 16.9 Å². The molecule has 5 nitrogen and oxygen atoms in total. The molecule has 0 bridgehead atoms. The summed E-state index contributed by atoms with van der Waals surface area (Å²) in [4.78, 5) is 0. The fourth-order valence-corrected chi connectivity index (χ4v) is 3.10. The molecule has 3 aromatic rings. The first-order valence-corrected chi connectivity index (χ1v) is 9.74. The van der Waals surface area contributed by atoms with Gasteiger partial charge in [0.1, 0.15) is 0 Å². The van der Waals surface area contributed by atoms with E-state index in [-0.39, 0.29) is 5.69 Å². The lowest BCUT2D eigenvalue weighted by Crippen LogP contribution is -2.10. The minimum atomic E-state index is -4.58. The monoisotopic (exact) mass is 395 g/mol. The molecule has 0 spiro atoms. The van der Waals surface area contributed by atoms with Gasteiger partial charge >= 0.3 is 6.18 Å². The van der Waals surface area contributed by atoms with E-state index in [0.717, 1.165) is 17.9 Å². The van der Waals surface area contributed by atoms with Crippen molar-refractivity contribution in [1.29, 1.82) is 0 Å². The van der Waals surface area contributed by atoms with E-state index in [1.807, 2.05) is 6.92 Å². The fourth-order valence-electron chi connectivity index (χ4n) is 2.53. The molecule has 0 aliphatic carbocycles. The SMILES string of the molecule is Cc1ccc(-c2cc(C(F)(F)F)nn2-c2ccc(NS(C)(=O)=O)cc2)cc1. The van der Waals surface area contributed by atoms with E-state index in [1.165, 1.54) is 28.9 Å². The van der Waals surface area contributed by atoms with Gasteiger partial charge in [-0.2, -0.15) is 18.3 Å². The average molecular weight is 395 g/mol. The summed E-state index contributed by atoms with van der Waals surface area (Å²) < 4.78 is 65.6. The molecule has 0 fully saturated rings. The molecular weight excluding hydrogens is 379 g/mol. The lowest BCUT2D eigenvalue weighted by Gasteiger charge is -2.09. The van der Waals surface area contributed by atoms with Gasteiger partial charge in [-0.3, -0.25) is 4.72 Å². The summed E-state index contributed by atoms with van der Waals surface area (Å²) in [5, 5.41) is 3.71. The second kappa shape index (κ2) is 6.73. The molecule has 0 aliphatic heterocycles. The highest BCUT2D eigenvalue weighted by Gasteiger charge is 2.35. The molecule has 0 saturated heterocycles. The van der Waals surface area contributed by atoms with Crippen LogP contribution in [-0.2, 0) is 16.2 Å². The van der Waals surface area contributed by atoms with Crippen LogP contribution >= 0.6 is 0 Å². The van der Waals surface area contributed by atoms with E-state index >= 15 is 0 Å². The Morgan fingerprint density at radius 1 is 1.00 bits per heavy atom. The maximum absolute atomic E-state index is 13.2. The number of aryl methyl sites for hydroxylation is 1. The van der Waals surface area contributed by atoms with Crippen molar-refractivity contribution >= 4 is 15.7 Å². The first-order chi connectivity index (χ1) is 12.5. The number of nitrogens with one attached hydrogen (secondary N) is 1. The Morgan fingerprint density at radius 2 is 1.59 bits per heavy atom. The predicted octanol–water partition coefficient (Wildman–Crippen LogP) is 4.24. The summed E-state index contributed by atoms with van der Waals surface area (Å²) in [6.45, 7) is 1.88. The van der Waals surface area contributed by atoms with Crippen molar-refractivity contribution < 1.29 is 21.6 Å². The van der Waals surface area contributed by atoms with Gasteiger partial charge in [0.15, 0.2) is 5.69 Å². The molecule has 0 radical (unpaired) electrons. The summed E-state index contributed by atoms with van der Waals surface area (Å²) in [6.07, 6.45) is -3.57. The summed E-state index contributed by atoms with van der Waals surface area (Å²) in [6, 6.07) is 14.0. The zero-order valence-electron chi connectivity index (χ0n) is 14.4. The van der Waals surface area contributed by atoms with Crippen molar-refractivity contribution in [1.82, 2.24) is 9.78 Å². The number of hydrogen-bond acceptors (Lipinski definition) is 3. The number of rotatable bonds is 4. The molecule has 2 aromatic carbocycles. The van der Waals surface area contributed by atoms with Gasteiger partial charge in [0.2, 0.25) is 10.0 Å². The van der Waals surface area contributed by atoms with Gasteiger partial charge in [0, 0.05) is 11.3 Å². The number of nitrogens with zero attached hydrogens (tertiary/aromatic N) is 2. The zero-order valence-corrected chi connectivity index (χ0v) is 15.3. The summed E-state index contributed by atoms with van der Waals surface area (Å²) >= 11 is 0. The molecule has 0 unspecified atom stereocenters. The topological polar surface area (TPSA) is 64.0 Å². The number of anilines is 1. The van der Waals surface area contributed by atoms with Crippen LogP contribution in [-0.4, -0.2) is 24.5 Å². The fraction of sp³-hybridized carbons (Fsp3) is 0.167. The van der Waals surface area contributed by atoms with Crippen LogP contribution in [0.15, 0.2) is 54.6 Å². The Kier molecular flexibility index (Phi) is 4.73. The van der Waals surface area contributed by atoms with Crippen LogP contribution in [0.5, 0.6) is 0 Å². The number of hydrogen-bond donors (Lipinski definition) is 1. The third-order valence-electron chi connectivity index (χ3n) is 3.76. The predicted molar refractivity (Wildman–Crippen MR) is 97.2 cm³/mol. The molecule has 1 N–H and O–H groups in total. The lowest BCUT2D eigenvalue weighted by molar-refractivity contribution is -0.141. The van der Waals surface area contributed by atoms with E-state index in [0.29, 0.717) is 16.9 Å². The zero-order chi connectivity index (χ0) is 19.8. The first-order valence-electron chi connectivity index (χ1n) is 7.85. The molecule has 0 aliphatic rings. The summed E-state index contributed by atoms with van der Waals surface area (Å²) in [7, 11) is -3.45. The maximum atomic E-state index is 13.2. The van der Waals surface area contributed by atoms with Crippen molar-refractivity contribution in [2.75, 3.05) is 11.0 Å². The first kappa shape index (κ1) is 19.0. The molecule has 1 aromatic heterocycles. The van der Waals surface area contributed by atoms with Crippen LogP contribution in [0.2, 0.25) is 0 Å². The van der Waals surface area contributed by atoms with Gasteiger partial charge in [-0.25, -0.2) is 13.1 Å². The van der Waals surface area contributed by atoms with Crippen molar-refractivity contribution in [3.63, 3.8) is 0 Å². The lowest BCUT2D eigenvalue weighted by atomic mass is 10.1. The Balaban J connectivity index is 2.08. The third kappa shape index (κ3) is 4.48. The minimum Gasteiger partial charge on any atom is -0.284 e. The molecule has 3 rings (SSSR count). The summed E-state index contributed by atoms with van der Waals surface area (Å²) in [5.74, 6) is 0. The summed E-state index contributed by atoms with van der Waals surface area (Å²) in [5.41, 5.74) is 1.53. The normalized spacial score (nSPS) is 12.2. The Hall–Kier alpha value is -2.81. The number of halogens is 3. The average Bonchev–Trinajstić information content (AvgIpc) is 3.00. The molecule has 142 valence electrons. The largest absolute Gasteiger partial charge is 0.435 e. The van der Waals surface area contributed by atoms with Gasteiger partial charge in [0.25, 0.3) is 0 Å².